The lowest BCUT2D eigenvalue weighted by Crippen LogP contribution is -2.31. The van der Waals surface area contributed by atoms with Gasteiger partial charge in [0.1, 0.15) is 7.05 Å². The molecule has 1 aliphatic carbocycles. The molecule has 0 spiro atoms. The van der Waals surface area contributed by atoms with E-state index in [2.05, 4.69) is 54.0 Å². The molecule has 3 aromatic rings. The molecule has 2 aromatic heterocycles. The van der Waals surface area contributed by atoms with Crippen LogP contribution in [0.1, 0.15) is 43.5 Å². The second-order valence-electron chi connectivity index (χ2n) is 6.87. The van der Waals surface area contributed by atoms with E-state index in [-0.39, 0.29) is 0 Å². The van der Waals surface area contributed by atoms with Gasteiger partial charge in [0.15, 0.2) is 6.20 Å². The summed E-state index contributed by atoms with van der Waals surface area (Å²) < 4.78 is 10.6. The van der Waals surface area contributed by atoms with Crippen molar-refractivity contribution in [3.8, 4) is 22.4 Å². The first-order valence-corrected chi connectivity index (χ1v) is 8.43. The van der Waals surface area contributed by atoms with E-state index < -0.39 is 5.89 Å². The third-order valence-corrected chi connectivity index (χ3v) is 5.03. The molecule has 1 aliphatic rings. The van der Waals surface area contributed by atoms with Gasteiger partial charge in [0.05, 0.1) is 11.3 Å². The highest BCUT2D eigenvalue weighted by Crippen LogP contribution is 2.41. The van der Waals surface area contributed by atoms with E-state index >= 15 is 0 Å². The van der Waals surface area contributed by atoms with E-state index in [1.54, 1.807) is 0 Å². The summed E-state index contributed by atoms with van der Waals surface area (Å²) in [4.78, 5) is 4.58. The number of hydrogen-bond acceptors (Lipinski definition) is 1. The Morgan fingerprint density at radius 2 is 2.00 bits per heavy atom. The molecule has 0 bridgehead atoms. The van der Waals surface area contributed by atoms with Gasteiger partial charge < -0.3 is 0 Å². The molecule has 0 saturated carbocycles. The maximum atomic E-state index is 8.40. The van der Waals surface area contributed by atoms with Gasteiger partial charge in [-0.25, -0.2) is 4.57 Å². The standard InChI is InChI=1S/C22H23N2/c1-14(2)16-9-11-24(4)21(12-16)22-15(3)7-8-17-18-6-5-10-23-20(18)13-19(17)22/h5-12,14H,13H2,1-4H3/q+1/i14D. The van der Waals surface area contributed by atoms with Crippen LogP contribution in [0.15, 0.2) is 48.8 Å². The summed E-state index contributed by atoms with van der Waals surface area (Å²) in [5.41, 5.74) is 9.79. The van der Waals surface area contributed by atoms with Gasteiger partial charge in [-0.15, -0.1) is 0 Å². The zero-order chi connectivity index (χ0) is 17.8. The van der Waals surface area contributed by atoms with E-state index in [1.165, 1.54) is 33.5 Å². The number of nitrogens with zero attached hydrogens (tertiary/aromatic N) is 2. The lowest BCUT2D eigenvalue weighted by molar-refractivity contribution is -0.660. The molecule has 0 amide bonds. The third kappa shape index (κ3) is 2.25. The molecule has 0 atom stereocenters. The Balaban J connectivity index is 1.97. The molecule has 1 aromatic carbocycles. The Morgan fingerprint density at radius 3 is 2.79 bits per heavy atom. The maximum absolute atomic E-state index is 8.40. The second kappa shape index (κ2) is 5.55. The van der Waals surface area contributed by atoms with Crippen LogP contribution in [0, 0.1) is 6.92 Å². The molecular formula is C22H23N2+. The summed E-state index contributed by atoms with van der Waals surface area (Å²) in [7, 11) is 2.08. The Hall–Kier alpha value is -2.48. The number of aryl methyl sites for hydroxylation is 2. The molecular weight excluding hydrogens is 292 g/mol. The second-order valence-corrected chi connectivity index (χ2v) is 6.87. The number of pyridine rings is 2. The molecule has 0 saturated heterocycles. The Morgan fingerprint density at radius 1 is 1.17 bits per heavy atom. The summed E-state index contributed by atoms with van der Waals surface area (Å²) >= 11 is 0. The van der Waals surface area contributed by atoms with Crippen molar-refractivity contribution in [2.75, 3.05) is 0 Å². The molecule has 2 heterocycles. The van der Waals surface area contributed by atoms with Gasteiger partial charge in [-0.1, -0.05) is 32.0 Å². The molecule has 0 fully saturated rings. The smallest absolute Gasteiger partial charge is 0.213 e. The van der Waals surface area contributed by atoms with Crippen molar-refractivity contribution in [1.82, 2.24) is 4.98 Å². The highest BCUT2D eigenvalue weighted by atomic mass is 14.9. The van der Waals surface area contributed by atoms with E-state index in [0.29, 0.717) is 0 Å². The molecule has 24 heavy (non-hydrogen) atoms. The first kappa shape index (κ1) is 13.9. The average Bonchev–Trinajstić information content (AvgIpc) is 2.93. The quantitative estimate of drug-likeness (QED) is 0.495. The lowest BCUT2D eigenvalue weighted by Gasteiger charge is -2.13. The predicted molar refractivity (Wildman–Crippen MR) is 97.9 cm³/mol. The van der Waals surface area contributed by atoms with Gasteiger partial charge in [-0.3, -0.25) is 4.98 Å². The topological polar surface area (TPSA) is 16.8 Å². The fraction of sp³-hybridized carbons (Fsp3) is 0.273. The predicted octanol–water partition coefficient (Wildman–Crippen LogP) is 4.58. The minimum atomic E-state index is -0.612. The molecule has 0 aliphatic heterocycles. The van der Waals surface area contributed by atoms with Crippen molar-refractivity contribution in [1.29, 1.82) is 0 Å². The molecule has 2 heteroatoms. The van der Waals surface area contributed by atoms with Crippen molar-refractivity contribution in [2.45, 2.75) is 33.1 Å². The fourth-order valence-electron chi connectivity index (χ4n) is 3.68. The number of benzene rings is 1. The largest absolute Gasteiger partial charge is 0.260 e. The van der Waals surface area contributed by atoms with Crippen LogP contribution >= 0.6 is 0 Å². The summed E-state index contributed by atoms with van der Waals surface area (Å²) in [5, 5.41) is 0. The molecule has 0 unspecified atom stereocenters. The number of rotatable bonds is 2. The molecule has 4 rings (SSSR count). The van der Waals surface area contributed by atoms with Crippen molar-refractivity contribution in [3.63, 3.8) is 0 Å². The fourth-order valence-corrected chi connectivity index (χ4v) is 3.68. The van der Waals surface area contributed by atoms with Crippen LogP contribution in [0.4, 0.5) is 0 Å². The average molecular weight is 316 g/mol. The van der Waals surface area contributed by atoms with E-state index in [4.69, 9.17) is 1.37 Å². The number of fused-ring (bicyclic) bond motifs is 3. The first-order valence-electron chi connectivity index (χ1n) is 8.93. The Labute approximate surface area is 145 Å². The SMILES string of the molecule is [2H]C(C)(C)c1cc[n+](C)c(-c2c(C)ccc3c2Cc2ncccc2-3)c1. The van der Waals surface area contributed by atoms with Gasteiger partial charge in [0.2, 0.25) is 5.69 Å². The van der Waals surface area contributed by atoms with Crippen LogP contribution in [0.25, 0.3) is 22.4 Å². The van der Waals surface area contributed by atoms with Crippen LogP contribution in [0.5, 0.6) is 0 Å². The van der Waals surface area contributed by atoms with Gasteiger partial charge in [0.25, 0.3) is 0 Å². The summed E-state index contributed by atoms with van der Waals surface area (Å²) in [5.74, 6) is -0.612. The van der Waals surface area contributed by atoms with Crippen molar-refractivity contribution in [2.24, 2.45) is 7.05 Å². The van der Waals surface area contributed by atoms with Crippen molar-refractivity contribution < 1.29 is 5.94 Å². The number of hydrogen-bond donors (Lipinski definition) is 0. The van der Waals surface area contributed by atoms with Crippen LogP contribution < -0.4 is 4.57 Å². The Kier molecular flexibility index (Phi) is 3.22. The summed E-state index contributed by atoms with van der Waals surface area (Å²) in [6.07, 6.45) is 4.82. The number of aromatic nitrogens is 2. The molecule has 2 nitrogen and oxygen atoms in total. The van der Waals surface area contributed by atoms with Gasteiger partial charge in [-0.05, 0) is 41.1 Å². The monoisotopic (exact) mass is 316 g/mol. The van der Waals surface area contributed by atoms with Crippen LogP contribution in [-0.4, -0.2) is 4.98 Å². The molecule has 0 radical (unpaired) electrons. The third-order valence-electron chi connectivity index (χ3n) is 5.03. The van der Waals surface area contributed by atoms with Gasteiger partial charge in [-0.2, -0.15) is 0 Å². The van der Waals surface area contributed by atoms with Gasteiger partial charge in [0, 0.05) is 31.7 Å². The van der Waals surface area contributed by atoms with E-state index in [9.17, 15) is 0 Å². The molecule has 0 N–H and O–H groups in total. The maximum Gasteiger partial charge on any atom is 0.213 e. The Bertz CT molecular complexity index is 984. The minimum absolute atomic E-state index is 0.612. The van der Waals surface area contributed by atoms with Crippen LogP contribution in [0.2, 0.25) is 0 Å². The van der Waals surface area contributed by atoms with Gasteiger partial charge >= 0.3 is 0 Å². The zero-order valence-corrected chi connectivity index (χ0v) is 14.7. The van der Waals surface area contributed by atoms with E-state index in [1.807, 2.05) is 32.2 Å². The van der Waals surface area contributed by atoms with E-state index in [0.717, 1.165) is 17.7 Å². The van der Waals surface area contributed by atoms with Crippen LogP contribution in [-0.2, 0) is 13.5 Å². The molecule has 120 valence electrons. The lowest BCUT2D eigenvalue weighted by atomic mass is 9.92. The van der Waals surface area contributed by atoms with Crippen molar-refractivity contribution >= 4 is 0 Å². The van der Waals surface area contributed by atoms with Crippen molar-refractivity contribution in [3.05, 3.63) is 71.2 Å². The summed E-state index contributed by atoms with van der Waals surface area (Å²) in [6.45, 7) is 6.05. The van der Waals surface area contributed by atoms with Crippen LogP contribution in [0.3, 0.4) is 0 Å². The summed E-state index contributed by atoms with van der Waals surface area (Å²) in [6, 6.07) is 12.8. The zero-order valence-electron chi connectivity index (χ0n) is 15.7. The highest BCUT2D eigenvalue weighted by Gasteiger charge is 2.27. The highest BCUT2D eigenvalue weighted by molar-refractivity contribution is 5.84. The first-order chi connectivity index (χ1) is 11.9. The minimum Gasteiger partial charge on any atom is -0.260 e. The normalized spacial score (nSPS) is 13.4.